The molecule has 4 nitrogen and oxygen atoms in total. The summed E-state index contributed by atoms with van der Waals surface area (Å²) in [6, 6.07) is 3.91. The predicted molar refractivity (Wildman–Crippen MR) is 49.3 cm³/mol. The van der Waals surface area contributed by atoms with Gasteiger partial charge in [0.15, 0.2) is 6.29 Å². The highest BCUT2D eigenvalue weighted by Crippen LogP contribution is 2.16. The standard InChI is InChI=1S/C9H6FN3O/c10-5-1-2-6-7(3-5)12-9(11)13-8(6)4-14/h1-4H,(H2,11,12,13). The van der Waals surface area contributed by atoms with Gasteiger partial charge in [0.25, 0.3) is 0 Å². The zero-order valence-electron chi connectivity index (χ0n) is 7.07. The Hall–Kier alpha value is -2.04. The smallest absolute Gasteiger partial charge is 0.221 e. The third kappa shape index (κ3) is 1.28. The van der Waals surface area contributed by atoms with Gasteiger partial charge in [-0.1, -0.05) is 0 Å². The molecule has 2 N–H and O–H groups in total. The molecule has 1 aromatic heterocycles. The van der Waals surface area contributed by atoms with Crippen LogP contribution in [0.1, 0.15) is 10.5 Å². The normalized spacial score (nSPS) is 10.4. The van der Waals surface area contributed by atoms with E-state index in [-0.39, 0.29) is 11.6 Å². The fourth-order valence-corrected chi connectivity index (χ4v) is 1.24. The van der Waals surface area contributed by atoms with Gasteiger partial charge in [0.05, 0.1) is 5.52 Å². The van der Waals surface area contributed by atoms with E-state index in [1.54, 1.807) is 0 Å². The maximum atomic E-state index is 12.8. The molecule has 2 rings (SSSR count). The zero-order valence-corrected chi connectivity index (χ0v) is 7.07. The van der Waals surface area contributed by atoms with Gasteiger partial charge >= 0.3 is 0 Å². The lowest BCUT2D eigenvalue weighted by Crippen LogP contribution is -2.00. The number of halogens is 1. The van der Waals surface area contributed by atoms with Crippen molar-refractivity contribution in [1.29, 1.82) is 0 Å². The van der Waals surface area contributed by atoms with Crippen molar-refractivity contribution in [1.82, 2.24) is 9.97 Å². The van der Waals surface area contributed by atoms with Gasteiger partial charge in [-0.2, -0.15) is 0 Å². The number of nitrogens with two attached hydrogens (primary N) is 1. The molecule has 0 saturated carbocycles. The maximum absolute atomic E-state index is 12.8. The Labute approximate surface area is 78.6 Å². The summed E-state index contributed by atoms with van der Waals surface area (Å²) in [4.78, 5) is 18.2. The lowest BCUT2D eigenvalue weighted by atomic mass is 10.2. The van der Waals surface area contributed by atoms with Crippen molar-refractivity contribution in [3.05, 3.63) is 29.7 Å². The van der Waals surface area contributed by atoms with Crippen molar-refractivity contribution < 1.29 is 9.18 Å². The van der Waals surface area contributed by atoms with Crippen molar-refractivity contribution in [2.45, 2.75) is 0 Å². The average molecular weight is 191 g/mol. The molecule has 5 heteroatoms. The van der Waals surface area contributed by atoms with Crippen LogP contribution < -0.4 is 5.73 Å². The van der Waals surface area contributed by atoms with E-state index in [4.69, 9.17) is 5.73 Å². The number of fused-ring (bicyclic) bond motifs is 1. The molecule has 0 radical (unpaired) electrons. The van der Waals surface area contributed by atoms with E-state index >= 15 is 0 Å². The molecule has 0 saturated heterocycles. The Morgan fingerprint density at radius 2 is 2.14 bits per heavy atom. The van der Waals surface area contributed by atoms with Crippen LogP contribution in [-0.2, 0) is 0 Å². The SMILES string of the molecule is Nc1nc(C=O)c2ccc(F)cc2n1. The zero-order chi connectivity index (χ0) is 10.1. The van der Waals surface area contributed by atoms with E-state index < -0.39 is 5.82 Å². The summed E-state index contributed by atoms with van der Waals surface area (Å²) in [5.41, 5.74) is 5.85. The van der Waals surface area contributed by atoms with Gasteiger partial charge < -0.3 is 5.73 Å². The molecule has 70 valence electrons. The molecule has 0 atom stereocenters. The summed E-state index contributed by atoms with van der Waals surface area (Å²) in [5.74, 6) is -0.461. The molecule has 1 heterocycles. The number of nitrogen functional groups attached to an aromatic ring is 1. The summed E-state index contributed by atoms with van der Waals surface area (Å²) in [6.07, 6.45) is 0.568. The minimum absolute atomic E-state index is 0.0369. The molecule has 0 aliphatic carbocycles. The quantitative estimate of drug-likeness (QED) is 0.687. The summed E-state index contributed by atoms with van der Waals surface area (Å²) in [7, 11) is 0. The number of hydrogen-bond acceptors (Lipinski definition) is 4. The van der Waals surface area contributed by atoms with Crippen molar-refractivity contribution in [2.24, 2.45) is 0 Å². The van der Waals surface area contributed by atoms with Crippen LogP contribution in [0, 0.1) is 5.82 Å². The van der Waals surface area contributed by atoms with Gasteiger partial charge in [-0.15, -0.1) is 0 Å². The van der Waals surface area contributed by atoms with E-state index in [9.17, 15) is 9.18 Å². The van der Waals surface area contributed by atoms with Crippen LogP contribution in [0.25, 0.3) is 10.9 Å². The molecule has 0 aliphatic rings. The fourth-order valence-electron chi connectivity index (χ4n) is 1.24. The number of aromatic nitrogens is 2. The molecule has 0 fully saturated rings. The number of nitrogens with zero attached hydrogens (tertiary/aromatic N) is 2. The summed E-state index contributed by atoms with van der Waals surface area (Å²) in [5, 5.41) is 0.496. The van der Waals surface area contributed by atoms with Crippen LogP contribution in [-0.4, -0.2) is 16.3 Å². The second kappa shape index (κ2) is 3.02. The number of rotatable bonds is 1. The van der Waals surface area contributed by atoms with Crippen LogP contribution in [0.15, 0.2) is 18.2 Å². The topological polar surface area (TPSA) is 68.9 Å². The maximum Gasteiger partial charge on any atom is 0.221 e. The van der Waals surface area contributed by atoms with Gasteiger partial charge in [-0.3, -0.25) is 4.79 Å². The van der Waals surface area contributed by atoms with E-state index in [0.29, 0.717) is 17.2 Å². The molecule has 14 heavy (non-hydrogen) atoms. The number of carbonyl (C=O) groups excluding carboxylic acids is 1. The van der Waals surface area contributed by atoms with Gasteiger partial charge in [-0.25, -0.2) is 14.4 Å². The summed E-state index contributed by atoms with van der Waals surface area (Å²) >= 11 is 0. The second-order valence-corrected chi connectivity index (χ2v) is 2.75. The van der Waals surface area contributed by atoms with E-state index in [1.807, 2.05) is 0 Å². The molecule has 0 bridgehead atoms. The predicted octanol–water partition coefficient (Wildman–Crippen LogP) is 1.16. The second-order valence-electron chi connectivity index (χ2n) is 2.75. The largest absolute Gasteiger partial charge is 0.368 e. The first-order valence-electron chi connectivity index (χ1n) is 3.88. The molecule has 0 unspecified atom stereocenters. The van der Waals surface area contributed by atoms with Crippen molar-refractivity contribution in [3.63, 3.8) is 0 Å². The van der Waals surface area contributed by atoms with Crippen molar-refractivity contribution in [2.75, 3.05) is 5.73 Å². The molecule has 0 spiro atoms. The van der Waals surface area contributed by atoms with E-state index in [1.165, 1.54) is 18.2 Å². The van der Waals surface area contributed by atoms with Crippen molar-refractivity contribution >= 4 is 23.1 Å². The number of anilines is 1. The summed E-state index contributed by atoms with van der Waals surface area (Å²) in [6.45, 7) is 0. The van der Waals surface area contributed by atoms with E-state index in [0.717, 1.165) is 0 Å². The number of hydrogen-bond donors (Lipinski definition) is 1. The molecule has 0 amide bonds. The van der Waals surface area contributed by atoms with Crippen LogP contribution in [0.3, 0.4) is 0 Å². The highest BCUT2D eigenvalue weighted by atomic mass is 19.1. The molecular weight excluding hydrogens is 185 g/mol. The van der Waals surface area contributed by atoms with E-state index in [2.05, 4.69) is 9.97 Å². The number of benzene rings is 1. The van der Waals surface area contributed by atoms with Gasteiger partial charge in [0.1, 0.15) is 11.5 Å². The fraction of sp³-hybridized carbons (Fsp3) is 0. The Morgan fingerprint density at radius 1 is 1.36 bits per heavy atom. The van der Waals surface area contributed by atoms with Crippen LogP contribution in [0.2, 0.25) is 0 Å². The first kappa shape index (κ1) is 8.55. The highest BCUT2D eigenvalue weighted by molar-refractivity contribution is 5.94. The lowest BCUT2D eigenvalue weighted by Gasteiger charge is -2.00. The van der Waals surface area contributed by atoms with Crippen LogP contribution in [0.4, 0.5) is 10.3 Å². The van der Waals surface area contributed by atoms with Crippen LogP contribution in [0.5, 0.6) is 0 Å². The van der Waals surface area contributed by atoms with Gasteiger partial charge in [0, 0.05) is 11.5 Å². The summed E-state index contributed by atoms with van der Waals surface area (Å²) < 4.78 is 12.8. The Morgan fingerprint density at radius 3 is 2.86 bits per heavy atom. The lowest BCUT2D eigenvalue weighted by molar-refractivity contribution is 0.112. The molecular formula is C9H6FN3O. The Bertz CT molecular complexity index is 507. The molecule has 2 aromatic rings. The Balaban J connectivity index is 2.87. The molecule has 1 aromatic carbocycles. The third-order valence-corrected chi connectivity index (χ3v) is 1.82. The van der Waals surface area contributed by atoms with Gasteiger partial charge in [-0.05, 0) is 12.1 Å². The number of aldehydes is 1. The average Bonchev–Trinajstić information content (AvgIpc) is 2.15. The first-order chi connectivity index (χ1) is 6.70. The molecule has 0 aliphatic heterocycles. The van der Waals surface area contributed by atoms with Crippen LogP contribution >= 0.6 is 0 Å². The Kier molecular flexibility index (Phi) is 1.85. The number of carbonyl (C=O) groups is 1. The van der Waals surface area contributed by atoms with Gasteiger partial charge in [0.2, 0.25) is 5.95 Å². The van der Waals surface area contributed by atoms with Crippen molar-refractivity contribution in [3.8, 4) is 0 Å². The minimum Gasteiger partial charge on any atom is -0.368 e. The highest BCUT2D eigenvalue weighted by Gasteiger charge is 2.05. The third-order valence-electron chi connectivity index (χ3n) is 1.82. The minimum atomic E-state index is -0.424. The monoisotopic (exact) mass is 191 g/mol. The first-order valence-corrected chi connectivity index (χ1v) is 3.88.